The lowest BCUT2D eigenvalue weighted by atomic mass is 10.0. The number of phosphoric acid groups is 1. The van der Waals surface area contributed by atoms with Gasteiger partial charge in [0, 0.05) is 6.42 Å². The van der Waals surface area contributed by atoms with Crippen LogP contribution in [0.25, 0.3) is 0 Å². The topological polar surface area (TPSA) is 105 Å². The number of quaternary nitrogens is 1. The van der Waals surface area contributed by atoms with Gasteiger partial charge in [-0.25, -0.2) is 4.57 Å². The van der Waals surface area contributed by atoms with Gasteiger partial charge < -0.3 is 19.8 Å². The molecule has 0 rings (SSSR count). The molecule has 3 N–H and O–H groups in total. The largest absolute Gasteiger partial charge is 0.472 e. The predicted octanol–water partition coefficient (Wildman–Crippen LogP) is 13.7. The van der Waals surface area contributed by atoms with Crippen LogP contribution in [0.3, 0.4) is 0 Å². The average Bonchev–Trinajstić information content (AvgIpc) is 3.20. The van der Waals surface area contributed by atoms with Crippen LogP contribution in [0.2, 0.25) is 0 Å². The Balaban J connectivity index is 4.08. The maximum atomic E-state index is 12.9. The van der Waals surface area contributed by atoms with E-state index in [0.717, 1.165) is 70.6 Å². The molecule has 0 heterocycles. The highest BCUT2D eigenvalue weighted by atomic mass is 31.2. The smallest absolute Gasteiger partial charge is 0.387 e. The number of allylic oxidation sites excluding steroid dienone is 13. The van der Waals surface area contributed by atoms with Crippen molar-refractivity contribution in [1.29, 1.82) is 0 Å². The van der Waals surface area contributed by atoms with Crippen LogP contribution in [0, 0.1) is 0 Å². The lowest BCUT2D eigenvalue weighted by Gasteiger charge is -2.25. The van der Waals surface area contributed by atoms with E-state index < -0.39 is 20.0 Å². The molecule has 0 aromatic rings. The minimum Gasteiger partial charge on any atom is -0.387 e. The van der Waals surface area contributed by atoms with Crippen molar-refractivity contribution >= 4 is 13.7 Å². The lowest BCUT2D eigenvalue weighted by molar-refractivity contribution is -0.870. The number of carbonyl (C=O) groups is 1. The van der Waals surface area contributed by atoms with E-state index in [1.165, 1.54) is 89.9 Å². The van der Waals surface area contributed by atoms with Crippen LogP contribution in [-0.4, -0.2) is 73.4 Å². The molecular formula is C51H92N2O6P+. The highest BCUT2D eigenvalue weighted by Crippen LogP contribution is 2.43. The molecule has 8 nitrogen and oxygen atoms in total. The summed E-state index contributed by atoms with van der Waals surface area (Å²) in [5, 5.41) is 13.7. The highest BCUT2D eigenvalue weighted by Gasteiger charge is 2.27. The highest BCUT2D eigenvalue weighted by molar-refractivity contribution is 7.47. The van der Waals surface area contributed by atoms with Gasteiger partial charge in [0.05, 0.1) is 39.9 Å². The van der Waals surface area contributed by atoms with Gasteiger partial charge >= 0.3 is 7.82 Å². The number of aliphatic hydroxyl groups is 1. The van der Waals surface area contributed by atoms with Crippen molar-refractivity contribution in [3.63, 3.8) is 0 Å². The Labute approximate surface area is 369 Å². The average molecular weight is 860 g/mol. The molecule has 0 saturated carbocycles. The summed E-state index contributed by atoms with van der Waals surface area (Å²) in [4.78, 5) is 23.1. The molecule has 3 unspecified atom stereocenters. The molecule has 0 fully saturated rings. The van der Waals surface area contributed by atoms with E-state index in [1.807, 2.05) is 40.2 Å². The number of nitrogens with one attached hydrogen (secondary N) is 1. The molecule has 0 saturated heterocycles. The monoisotopic (exact) mass is 860 g/mol. The number of likely N-dealkylation sites (N-methyl/N-ethyl adjacent to an activating group) is 1. The third-order valence-electron chi connectivity index (χ3n) is 10.2. The number of amides is 1. The molecule has 0 aromatic carbocycles. The third-order valence-corrected chi connectivity index (χ3v) is 11.2. The molecule has 0 bridgehead atoms. The number of hydrogen-bond acceptors (Lipinski definition) is 5. The summed E-state index contributed by atoms with van der Waals surface area (Å²) in [6, 6.07) is -0.870. The molecule has 0 radical (unpaired) electrons. The summed E-state index contributed by atoms with van der Waals surface area (Å²) in [5.41, 5.74) is 0. The van der Waals surface area contributed by atoms with E-state index in [0.29, 0.717) is 17.4 Å². The van der Waals surface area contributed by atoms with Crippen molar-refractivity contribution in [2.24, 2.45) is 0 Å². The normalized spacial score (nSPS) is 15.0. The second-order valence-electron chi connectivity index (χ2n) is 17.1. The van der Waals surface area contributed by atoms with Gasteiger partial charge in [-0.2, -0.15) is 0 Å². The molecule has 0 spiro atoms. The summed E-state index contributed by atoms with van der Waals surface area (Å²) in [6.45, 7) is 4.42. The molecule has 0 aliphatic carbocycles. The summed E-state index contributed by atoms with van der Waals surface area (Å²) < 4.78 is 23.5. The van der Waals surface area contributed by atoms with Gasteiger partial charge in [-0.15, -0.1) is 0 Å². The quantitative estimate of drug-likeness (QED) is 0.0244. The Morgan fingerprint density at radius 3 is 1.53 bits per heavy atom. The Bertz CT molecular complexity index is 1250. The minimum absolute atomic E-state index is 0.0502. The summed E-state index contributed by atoms with van der Waals surface area (Å²) in [6.07, 6.45) is 58.5. The Kier molecular flexibility index (Phi) is 40.4. The van der Waals surface area contributed by atoms with Crippen LogP contribution in [0.15, 0.2) is 85.1 Å². The third kappa shape index (κ3) is 43.8. The fourth-order valence-corrected chi connectivity index (χ4v) is 7.16. The number of unbranched alkanes of at least 4 members (excludes halogenated alkanes) is 18. The van der Waals surface area contributed by atoms with Crippen LogP contribution in [0.1, 0.15) is 181 Å². The van der Waals surface area contributed by atoms with Crippen LogP contribution >= 0.6 is 7.82 Å². The van der Waals surface area contributed by atoms with E-state index in [4.69, 9.17) is 9.05 Å². The van der Waals surface area contributed by atoms with Crippen molar-refractivity contribution in [3.8, 4) is 0 Å². The van der Waals surface area contributed by atoms with E-state index in [9.17, 15) is 19.4 Å². The Hall–Kier alpha value is -2.32. The number of aliphatic hydroxyl groups excluding tert-OH is 1. The van der Waals surface area contributed by atoms with Crippen LogP contribution in [0.5, 0.6) is 0 Å². The maximum absolute atomic E-state index is 12.9. The molecule has 3 atom stereocenters. The molecular weight excluding hydrogens is 768 g/mol. The standard InChI is InChI=1S/C51H91N2O6P/c1-6-8-10-12-14-16-17-18-19-20-21-22-23-24-25-26-27-28-29-30-31-32-33-34-35-37-39-41-43-45-51(55)52-49(48-59-60(56,57)58-47-46-53(3,4)5)50(54)44-42-40-38-36-15-13-11-9-7-2/h7-10,14-16,18-19,21-22,36,42,44,49-50,54H,6,11-13,17,20,23-35,37-41,43,45-48H2,1-5H3,(H-,52,55,56,57)/p+1/b9-7+,10-8-,16-14-,19-18-,22-21-,36-15+,44-42+. The zero-order valence-corrected chi connectivity index (χ0v) is 40.1. The number of hydrogen-bond donors (Lipinski definition) is 3. The van der Waals surface area contributed by atoms with Crippen molar-refractivity contribution < 1.29 is 32.9 Å². The zero-order valence-electron chi connectivity index (χ0n) is 39.2. The number of rotatable bonds is 42. The summed E-state index contributed by atoms with van der Waals surface area (Å²) in [5.74, 6) is -0.198. The van der Waals surface area contributed by atoms with Crippen molar-refractivity contribution in [2.45, 2.75) is 193 Å². The molecule has 0 aromatic heterocycles. The van der Waals surface area contributed by atoms with Gasteiger partial charge in [0.15, 0.2) is 0 Å². The second kappa shape index (κ2) is 42.0. The molecule has 60 heavy (non-hydrogen) atoms. The van der Waals surface area contributed by atoms with Crippen molar-refractivity contribution in [3.05, 3.63) is 85.1 Å². The van der Waals surface area contributed by atoms with E-state index >= 15 is 0 Å². The molecule has 346 valence electrons. The fourth-order valence-electron chi connectivity index (χ4n) is 6.42. The Morgan fingerprint density at radius 2 is 1.03 bits per heavy atom. The summed E-state index contributed by atoms with van der Waals surface area (Å²) in [7, 11) is 1.53. The number of carbonyl (C=O) groups excluding carboxylic acids is 1. The van der Waals surface area contributed by atoms with Crippen molar-refractivity contribution in [2.75, 3.05) is 40.9 Å². The Morgan fingerprint density at radius 1 is 0.600 bits per heavy atom. The second-order valence-corrected chi connectivity index (χ2v) is 18.5. The number of nitrogens with zero attached hydrogens (tertiary/aromatic N) is 1. The first kappa shape index (κ1) is 57.7. The minimum atomic E-state index is -4.35. The molecule has 0 aliphatic heterocycles. The number of phosphoric ester groups is 1. The maximum Gasteiger partial charge on any atom is 0.472 e. The zero-order chi connectivity index (χ0) is 44.3. The van der Waals surface area contributed by atoms with Gasteiger partial charge in [0.2, 0.25) is 5.91 Å². The summed E-state index contributed by atoms with van der Waals surface area (Å²) >= 11 is 0. The SMILES string of the molecule is C/C=C/CC/C=C/CC/C=C/C(O)C(COP(=O)(O)OCC[N+](C)(C)C)NC(=O)CCCCCCCCCCCCCCCCCC/C=C\C/C=C\C/C=C\C/C=C\CC. The molecule has 0 aliphatic rings. The fraction of sp³-hybridized carbons (Fsp3) is 0.706. The first-order valence-electron chi connectivity index (χ1n) is 23.9. The van der Waals surface area contributed by atoms with Gasteiger partial charge in [-0.05, 0) is 77.6 Å². The first-order chi connectivity index (χ1) is 29.0. The molecule has 9 heteroatoms. The van der Waals surface area contributed by atoms with Crippen molar-refractivity contribution in [1.82, 2.24) is 5.32 Å². The molecule has 1 amide bonds. The van der Waals surface area contributed by atoms with Gasteiger partial charge in [-0.1, -0.05) is 182 Å². The van der Waals surface area contributed by atoms with E-state index in [2.05, 4.69) is 79.1 Å². The van der Waals surface area contributed by atoms with Crippen LogP contribution in [0.4, 0.5) is 0 Å². The predicted molar refractivity (Wildman–Crippen MR) is 258 cm³/mol. The first-order valence-corrected chi connectivity index (χ1v) is 25.4. The van der Waals surface area contributed by atoms with Gasteiger partial charge in [0.25, 0.3) is 0 Å². The van der Waals surface area contributed by atoms with Crippen LogP contribution < -0.4 is 5.32 Å². The van der Waals surface area contributed by atoms with Gasteiger partial charge in [0.1, 0.15) is 13.2 Å². The van der Waals surface area contributed by atoms with E-state index in [1.54, 1.807) is 6.08 Å². The van der Waals surface area contributed by atoms with E-state index in [-0.39, 0.29) is 19.1 Å². The van der Waals surface area contributed by atoms with Gasteiger partial charge in [-0.3, -0.25) is 13.8 Å². The van der Waals surface area contributed by atoms with Crippen LogP contribution in [-0.2, 0) is 18.4 Å². The lowest BCUT2D eigenvalue weighted by Crippen LogP contribution is -2.45.